The standard InChI is InChI=1S/C20H20ClNO4/c1-14(20(25)15-7-3-2-4-8-15)26-19(24)12-6-11-18(23)22-17-10-5-9-16(21)13-17/h2-5,7-10,13-14H,6,11-12H2,1H3,(H,22,23). The Morgan fingerprint density at radius 1 is 1.04 bits per heavy atom. The summed E-state index contributed by atoms with van der Waals surface area (Å²) < 4.78 is 5.14. The smallest absolute Gasteiger partial charge is 0.306 e. The van der Waals surface area contributed by atoms with Gasteiger partial charge in [0.1, 0.15) is 0 Å². The first kappa shape index (κ1) is 19.7. The van der Waals surface area contributed by atoms with Gasteiger partial charge in [0.2, 0.25) is 11.7 Å². The number of hydrogen-bond acceptors (Lipinski definition) is 4. The third-order valence-corrected chi connectivity index (χ3v) is 3.86. The summed E-state index contributed by atoms with van der Waals surface area (Å²) in [6.45, 7) is 1.54. The third-order valence-electron chi connectivity index (χ3n) is 3.63. The average Bonchev–Trinajstić information content (AvgIpc) is 2.61. The number of esters is 1. The molecule has 1 atom stereocenters. The normalized spacial score (nSPS) is 11.5. The fraction of sp³-hybridized carbons (Fsp3) is 0.250. The summed E-state index contributed by atoms with van der Waals surface area (Å²) in [5.41, 5.74) is 1.10. The van der Waals surface area contributed by atoms with Gasteiger partial charge in [-0.25, -0.2) is 0 Å². The Balaban J connectivity index is 1.71. The van der Waals surface area contributed by atoms with Crippen molar-refractivity contribution >= 4 is 34.9 Å². The van der Waals surface area contributed by atoms with E-state index >= 15 is 0 Å². The van der Waals surface area contributed by atoms with Crippen molar-refractivity contribution in [3.05, 3.63) is 65.2 Å². The van der Waals surface area contributed by atoms with Gasteiger partial charge in [-0.2, -0.15) is 0 Å². The van der Waals surface area contributed by atoms with Gasteiger partial charge in [0.25, 0.3) is 0 Å². The molecule has 2 aromatic carbocycles. The van der Waals surface area contributed by atoms with Crippen LogP contribution in [0, 0.1) is 0 Å². The molecule has 0 heterocycles. The van der Waals surface area contributed by atoms with E-state index in [9.17, 15) is 14.4 Å². The van der Waals surface area contributed by atoms with Crippen molar-refractivity contribution in [2.45, 2.75) is 32.3 Å². The molecular formula is C20H20ClNO4. The highest BCUT2D eigenvalue weighted by Gasteiger charge is 2.19. The summed E-state index contributed by atoms with van der Waals surface area (Å²) in [7, 11) is 0. The summed E-state index contributed by atoms with van der Waals surface area (Å²) in [4.78, 5) is 35.9. The highest BCUT2D eigenvalue weighted by Crippen LogP contribution is 2.15. The molecule has 0 aliphatic rings. The van der Waals surface area contributed by atoms with Crippen LogP contribution in [-0.4, -0.2) is 23.8 Å². The van der Waals surface area contributed by atoms with E-state index in [1.807, 2.05) is 6.07 Å². The van der Waals surface area contributed by atoms with E-state index in [4.69, 9.17) is 16.3 Å². The first-order valence-electron chi connectivity index (χ1n) is 8.30. The van der Waals surface area contributed by atoms with Crippen molar-refractivity contribution in [3.63, 3.8) is 0 Å². The van der Waals surface area contributed by atoms with Crippen LogP contribution in [-0.2, 0) is 14.3 Å². The van der Waals surface area contributed by atoms with Crippen molar-refractivity contribution < 1.29 is 19.1 Å². The zero-order valence-corrected chi connectivity index (χ0v) is 15.2. The number of hydrogen-bond donors (Lipinski definition) is 1. The topological polar surface area (TPSA) is 72.5 Å². The van der Waals surface area contributed by atoms with E-state index in [2.05, 4.69) is 5.32 Å². The predicted octanol–water partition coefficient (Wildman–Crippen LogP) is 4.26. The zero-order chi connectivity index (χ0) is 18.9. The quantitative estimate of drug-likeness (QED) is 0.554. The molecule has 0 aromatic heterocycles. The molecule has 0 aliphatic heterocycles. The number of rotatable bonds is 8. The monoisotopic (exact) mass is 373 g/mol. The number of halogens is 1. The SMILES string of the molecule is CC(OC(=O)CCCC(=O)Nc1cccc(Cl)c1)C(=O)c1ccccc1. The second kappa shape index (κ2) is 9.73. The first-order chi connectivity index (χ1) is 12.5. The van der Waals surface area contributed by atoms with Gasteiger partial charge in [-0.05, 0) is 31.5 Å². The van der Waals surface area contributed by atoms with E-state index in [0.717, 1.165) is 0 Å². The summed E-state index contributed by atoms with van der Waals surface area (Å²) in [6, 6.07) is 15.5. The number of nitrogens with one attached hydrogen (secondary N) is 1. The molecule has 0 fully saturated rings. The van der Waals surface area contributed by atoms with Crippen molar-refractivity contribution in [3.8, 4) is 0 Å². The summed E-state index contributed by atoms with van der Waals surface area (Å²) in [6.07, 6.45) is -0.291. The molecule has 0 radical (unpaired) electrons. The van der Waals surface area contributed by atoms with Crippen molar-refractivity contribution in [2.75, 3.05) is 5.32 Å². The van der Waals surface area contributed by atoms with Crippen LogP contribution < -0.4 is 5.32 Å². The van der Waals surface area contributed by atoms with Gasteiger partial charge in [0, 0.05) is 29.1 Å². The van der Waals surface area contributed by atoms with Crippen LogP contribution in [0.3, 0.4) is 0 Å². The van der Waals surface area contributed by atoms with Gasteiger partial charge in [0.15, 0.2) is 6.10 Å². The van der Waals surface area contributed by atoms with E-state index in [1.54, 1.807) is 55.5 Å². The van der Waals surface area contributed by atoms with Crippen LogP contribution in [0.2, 0.25) is 5.02 Å². The number of Topliss-reactive ketones (excluding diaryl/α,β-unsaturated/α-hetero) is 1. The molecule has 0 saturated carbocycles. The predicted molar refractivity (Wildman–Crippen MR) is 100 cm³/mol. The van der Waals surface area contributed by atoms with Crippen LogP contribution in [0.5, 0.6) is 0 Å². The first-order valence-corrected chi connectivity index (χ1v) is 8.67. The maximum atomic E-state index is 12.1. The fourth-order valence-corrected chi connectivity index (χ4v) is 2.52. The lowest BCUT2D eigenvalue weighted by Gasteiger charge is -2.12. The van der Waals surface area contributed by atoms with Gasteiger partial charge < -0.3 is 10.1 Å². The number of ketones is 1. The average molecular weight is 374 g/mol. The van der Waals surface area contributed by atoms with E-state index in [1.165, 1.54) is 0 Å². The second-order valence-electron chi connectivity index (χ2n) is 5.77. The summed E-state index contributed by atoms with van der Waals surface area (Å²) >= 11 is 5.85. The molecule has 26 heavy (non-hydrogen) atoms. The number of benzene rings is 2. The molecule has 0 bridgehead atoms. The number of amides is 1. The lowest BCUT2D eigenvalue weighted by Crippen LogP contribution is -2.24. The molecule has 0 saturated heterocycles. The molecule has 5 nitrogen and oxygen atoms in total. The minimum absolute atomic E-state index is 0.0649. The van der Waals surface area contributed by atoms with Gasteiger partial charge in [0.05, 0.1) is 0 Å². The van der Waals surface area contributed by atoms with Gasteiger partial charge in [-0.1, -0.05) is 48.0 Å². The largest absolute Gasteiger partial charge is 0.454 e. The summed E-state index contributed by atoms with van der Waals surface area (Å²) in [5.74, 6) is -0.969. The minimum atomic E-state index is -0.856. The number of ether oxygens (including phenoxy) is 1. The van der Waals surface area contributed by atoms with Gasteiger partial charge >= 0.3 is 5.97 Å². The zero-order valence-electron chi connectivity index (χ0n) is 14.4. The van der Waals surface area contributed by atoms with Crippen molar-refractivity contribution in [2.24, 2.45) is 0 Å². The molecule has 2 rings (SSSR count). The number of carbonyl (C=O) groups excluding carboxylic acids is 3. The van der Waals surface area contributed by atoms with E-state index < -0.39 is 12.1 Å². The Hall–Kier alpha value is -2.66. The molecule has 2 aromatic rings. The molecule has 1 N–H and O–H groups in total. The fourth-order valence-electron chi connectivity index (χ4n) is 2.33. The Morgan fingerprint density at radius 2 is 1.77 bits per heavy atom. The van der Waals surface area contributed by atoms with Gasteiger partial charge in [-0.15, -0.1) is 0 Å². The molecule has 6 heteroatoms. The lowest BCUT2D eigenvalue weighted by atomic mass is 10.1. The Labute approximate surface area is 157 Å². The second-order valence-corrected chi connectivity index (χ2v) is 6.21. The lowest BCUT2D eigenvalue weighted by molar-refractivity contribution is -0.146. The molecule has 0 aliphatic carbocycles. The number of carbonyl (C=O) groups is 3. The summed E-state index contributed by atoms with van der Waals surface area (Å²) in [5, 5.41) is 3.24. The highest BCUT2D eigenvalue weighted by atomic mass is 35.5. The Bertz CT molecular complexity index is 776. The maximum absolute atomic E-state index is 12.1. The van der Waals surface area contributed by atoms with Gasteiger partial charge in [-0.3, -0.25) is 14.4 Å². The van der Waals surface area contributed by atoms with Crippen molar-refractivity contribution in [1.82, 2.24) is 0 Å². The third kappa shape index (κ3) is 6.33. The number of anilines is 1. The molecule has 136 valence electrons. The molecule has 1 unspecified atom stereocenters. The van der Waals surface area contributed by atoms with Crippen LogP contribution in [0.25, 0.3) is 0 Å². The van der Waals surface area contributed by atoms with Crippen molar-refractivity contribution in [1.29, 1.82) is 0 Å². The molecule has 1 amide bonds. The van der Waals surface area contributed by atoms with E-state index in [-0.39, 0.29) is 24.5 Å². The minimum Gasteiger partial charge on any atom is -0.454 e. The maximum Gasteiger partial charge on any atom is 0.306 e. The van der Waals surface area contributed by atoms with Crippen LogP contribution >= 0.6 is 11.6 Å². The molecule has 0 spiro atoms. The van der Waals surface area contributed by atoms with Crippen LogP contribution in [0.15, 0.2) is 54.6 Å². The van der Waals surface area contributed by atoms with Crippen LogP contribution in [0.4, 0.5) is 5.69 Å². The highest BCUT2D eigenvalue weighted by molar-refractivity contribution is 6.30. The molecular weight excluding hydrogens is 354 g/mol. The van der Waals surface area contributed by atoms with Crippen LogP contribution in [0.1, 0.15) is 36.5 Å². The van der Waals surface area contributed by atoms with E-state index in [0.29, 0.717) is 22.7 Å². The Kier molecular flexibility index (Phi) is 7.36. The Morgan fingerprint density at radius 3 is 2.46 bits per heavy atom.